The molecule has 0 saturated heterocycles. The molecular weight excluding hydrogens is 247 g/mol. The normalized spacial score (nSPS) is 10.2. The predicted molar refractivity (Wildman–Crippen MR) is 69.7 cm³/mol. The zero-order chi connectivity index (χ0) is 13.8. The fourth-order valence-corrected chi connectivity index (χ4v) is 1.75. The van der Waals surface area contributed by atoms with E-state index in [0.717, 1.165) is 5.56 Å². The van der Waals surface area contributed by atoms with Crippen molar-refractivity contribution >= 4 is 11.8 Å². The molecule has 0 aliphatic heterocycles. The Balaban J connectivity index is 2.18. The highest BCUT2D eigenvalue weighted by Crippen LogP contribution is 2.14. The first-order chi connectivity index (χ1) is 9.06. The highest BCUT2D eigenvalue weighted by Gasteiger charge is 2.08. The molecule has 0 amide bonds. The number of halogens is 1. The van der Waals surface area contributed by atoms with Crippen LogP contribution >= 0.6 is 0 Å². The van der Waals surface area contributed by atoms with Crippen LogP contribution in [-0.4, -0.2) is 23.1 Å². The van der Waals surface area contributed by atoms with Crippen LogP contribution in [0.25, 0.3) is 0 Å². The molecule has 0 unspecified atom stereocenters. The quantitative estimate of drug-likeness (QED) is 0.917. The van der Waals surface area contributed by atoms with Crippen LogP contribution in [0.15, 0.2) is 42.5 Å². The van der Waals surface area contributed by atoms with E-state index < -0.39 is 5.97 Å². The van der Waals surface area contributed by atoms with Gasteiger partial charge in [0.1, 0.15) is 11.6 Å². The van der Waals surface area contributed by atoms with E-state index in [9.17, 15) is 9.18 Å². The summed E-state index contributed by atoms with van der Waals surface area (Å²) >= 11 is 0. The highest BCUT2D eigenvalue weighted by molar-refractivity contribution is 5.85. The third kappa shape index (κ3) is 3.28. The zero-order valence-corrected chi connectivity index (χ0v) is 10.4. The second-order valence-electron chi connectivity index (χ2n) is 4.17. The molecule has 98 valence electrons. The molecule has 5 heteroatoms. The van der Waals surface area contributed by atoms with Gasteiger partial charge in [0, 0.05) is 13.6 Å². The van der Waals surface area contributed by atoms with E-state index in [1.165, 1.54) is 18.2 Å². The van der Waals surface area contributed by atoms with Crippen molar-refractivity contribution in [3.8, 4) is 0 Å². The Labute approximate surface area is 110 Å². The monoisotopic (exact) mass is 260 g/mol. The number of rotatable bonds is 4. The van der Waals surface area contributed by atoms with Gasteiger partial charge in [-0.25, -0.2) is 14.2 Å². The SMILES string of the molecule is CN(Cc1cccc(F)c1)c1cccc(C(=O)O)n1. The van der Waals surface area contributed by atoms with Crippen molar-refractivity contribution in [2.75, 3.05) is 11.9 Å². The summed E-state index contributed by atoms with van der Waals surface area (Å²) in [5.41, 5.74) is 0.786. The van der Waals surface area contributed by atoms with Crippen molar-refractivity contribution in [2.24, 2.45) is 0 Å². The van der Waals surface area contributed by atoms with Crippen molar-refractivity contribution in [3.63, 3.8) is 0 Å². The van der Waals surface area contributed by atoms with Crippen LogP contribution in [0.4, 0.5) is 10.2 Å². The van der Waals surface area contributed by atoms with Crippen LogP contribution in [0, 0.1) is 5.82 Å². The van der Waals surface area contributed by atoms with Gasteiger partial charge in [0.05, 0.1) is 0 Å². The number of carbonyl (C=O) groups is 1. The maximum atomic E-state index is 13.1. The molecule has 19 heavy (non-hydrogen) atoms. The van der Waals surface area contributed by atoms with Crippen LogP contribution in [0.5, 0.6) is 0 Å². The second kappa shape index (κ2) is 5.48. The number of aromatic nitrogens is 1. The van der Waals surface area contributed by atoms with E-state index >= 15 is 0 Å². The Morgan fingerprint density at radius 2 is 2.05 bits per heavy atom. The van der Waals surface area contributed by atoms with Crippen LogP contribution in [-0.2, 0) is 6.54 Å². The minimum atomic E-state index is -1.07. The molecule has 0 spiro atoms. The van der Waals surface area contributed by atoms with Crippen LogP contribution < -0.4 is 4.90 Å². The Morgan fingerprint density at radius 3 is 2.74 bits per heavy atom. The van der Waals surface area contributed by atoms with Gasteiger partial charge in [-0.05, 0) is 29.8 Å². The smallest absolute Gasteiger partial charge is 0.354 e. The number of hydrogen-bond acceptors (Lipinski definition) is 3. The summed E-state index contributed by atoms with van der Waals surface area (Å²) in [4.78, 5) is 16.6. The summed E-state index contributed by atoms with van der Waals surface area (Å²) in [5, 5.41) is 8.89. The van der Waals surface area contributed by atoms with Crippen molar-refractivity contribution in [1.29, 1.82) is 0 Å². The summed E-state index contributed by atoms with van der Waals surface area (Å²) in [6.45, 7) is 0.452. The highest BCUT2D eigenvalue weighted by atomic mass is 19.1. The molecule has 2 rings (SSSR count). The maximum absolute atomic E-state index is 13.1. The van der Waals surface area contributed by atoms with E-state index in [-0.39, 0.29) is 11.5 Å². The number of anilines is 1. The number of carboxylic acid groups (broad SMARTS) is 1. The largest absolute Gasteiger partial charge is 0.477 e. The molecule has 1 aromatic heterocycles. The fourth-order valence-electron chi connectivity index (χ4n) is 1.75. The Kier molecular flexibility index (Phi) is 3.75. The average Bonchev–Trinajstić information content (AvgIpc) is 2.39. The lowest BCUT2D eigenvalue weighted by molar-refractivity contribution is 0.0690. The molecule has 2 aromatic rings. The topological polar surface area (TPSA) is 53.4 Å². The standard InChI is InChI=1S/C14H13FN2O2/c1-17(9-10-4-2-5-11(15)8-10)13-7-3-6-12(16-13)14(18)19/h2-8H,9H2,1H3,(H,18,19). The molecule has 0 saturated carbocycles. The van der Waals surface area contributed by atoms with Crippen molar-refractivity contribution in [2.45, 2.75) is 6.54 Å². The van der Waals surface area contributed by atoms with Gasteiger partial charge in [-0.2, -0.15) is 0 Å². The van der Waals surface area contributed by atoms with Gasteiger partial charge in [-0.3, -0.25) is 0 Å². The summed E-state index contributed by atoms with van der Waals surface area (Å²) < 4.78 is 13.1. The van der Waals surface area contributed by atoms with Gasteiger partial charge in [0.25, 0.3) is 0 Å². The molecule has 0 aliphatic carbocycles. The lowest BCUT2D eigenvalue weighted by Crippen LogP contribution is -2.18. The number of carboxylic acids is 1. The molecule has 0 atom stereocenters. The minimum absolute atomic E-state index is 0.0106. The molecule has 0 radical (unpaired) electrons. The van der Waals surface area contributed by atoms with Crippen LogP contribution in [0.2, 0.25) is 0 Å². The molecule has 0 fully saturated rings. The third-order valence-corrected chi connectivity index (χ3v) is 2.65. The molecule has 0 aliphatic rings. The first-order valence-corrected chi connectivity index (χ1v) is 5.72. The first kappa shape index (κ1) is 13.0. The van der Waals surface area contributed by atoms with E-state index in [4.69, 9.17) is 5.11 Å². The van der Waals surface area contributed by atoms with E-state index in [0.29, 0.717) is 12.4 Å². The number of pyridine rings is 1. The number of hydrogen-bond donors (Lipinski definition) is 1. The van der Waals surface area contributed by atoms with Gasteiger partial charge >= 0.3 is 5.97 Å². The molecule has 0 bridgehead atoms. The maximum Gasteiger partial charge on any atom is 0.354 e. The number of nitrogens with zero attached hydrogens (tertiary/aromatic N) is 2. The average molecular weight is 260 g/mol. The Hall–Kier alpha value is -2.43. The number of benzene rings is 1. The van der Waals surface area contributed by atoms with Gasteiger partial charge in [-0.1, -0.05) is 18.2 Å². The summed E-state index contributed by atoms with van der Waals surface area (Å²) in [7, 11) is 1.78. The predicted octanol–water partition coefficient (Wildman–Crippen LogP) is 2.56. The Bertz CT molecular complexity index is 602. The summed E-state index contributed by atoms with van der Waals surface area (Å²) in [6, 6.07) is 11.0. The number of aromatic carboxylic acids is 1. The molecular formula is C14H13FN2O2. The van der Waals surface area contributed by atoms with Crippen molar-refractivity contribution < 1.29 is 14.3 Å². The van der Waals surface area contributed by atoms with Crippen molar-refractivity contribution in [3.05, 3.63) is 59.5 Å². The van der Waals surface area contributed by atoms with Gasteiger partial charge in [0.2, 0.25) is 0 Å². The summed E-state index contributed by atoms with van der Waals surface area (Å²) in [5.74, 6) is -0.830. The minimum Gasteiger partial charge on any atom is -0.477 e. The zero-order valence-electron chi connectivity index (χ0n) is 10.4. The van der Waals surface area contributed by atoms with Crippen LogP contribution in [0.1, 0.15) is 16.1 Å². The van der Waals surface area contributed by atoms with E-state index in [1.54, 1.807) is 36.2 Å². The van der Waals surface area contributed by atoms with E-state index in [2.05, 4.69) is 4.98 Å². The van der Waals surface area contributed by atoms with Gasteiger partial charge in [0.15, 0.2) is 5.69 Å². The lowest BCUT2D eigenvalue weighted by Gasteiger charge is -2.18. The van der Waals surface area contributed by atoms with Gasteiger partial charge < -0.3 is 10.0 Å². The molecule has 1 N–H and O–H groups in total. The molecule has 1 aromatic carbocycles. The van der Waals surface area contributed by atoms with Crippen LogP contribution in [0.3, 0.4) is 0 Å². The van der Waals surface area contributed by atoms with Gasteiger partial charge in [-0.15, -0.1) is 0 Å². The lowest BCUT2D eigenvalue weighted by atomic mass is 10.2. The molecule has 4 nitrogen and oxygen atoms in total. The molecule has 1 heterocycles. The third-order valence-electron chi connectivity index (χ3n) is 2.65. The fraction of sp³-hybridized carbons (Fsp3) is 0.143. The second-order valence-corrected chi connectivity index (χ2v) is 4.17. The Morgan fingerprint density at radius 1 is 1.32 bits per heavy atom. The van der Waals surface area contributed by atoms with E-state index in [1.807, 2.05) is 0 Å². The van der Waals surface area contributed by atoms with Crippen molar-refractivity contribution in [1.82, 2.24) is 4.98 Å². The summed E-state index contributed by atoms with van der Waals surface area (Å²) in [6.07, 6.45) is 0. The first-order valence-electron chi connectivity index (χ1n) is 5.72.